The monoisotopic (exact) mass is 500 g/mol. The summed E-state index contributed by atoms with van der Waals surface area (Å²) in [6.07, 6.45) is -3.81. The molecular weight excluding hydrogens is 460 g/mol. The molecule has 8 nitrogen and oxygen atoms in total. The molecule has 2 aromatic carbocycles. The van der Waals surface area contributed by atoms with E-state index in [1.54, 1.807) is 41.5 Å². The third kappa shape index (κ3) is 10.7. The first-order chi connectivity index (χ1) is 16.7. The van der Waals surface area contributed by atoms with Crippen LogP contribution in [-0.2, 0) is 22.3 Å². The quantitative estimate of drug-likeness (QED) is 0.414. The second-order valence-corrected chi connectivity index (χ2v) is 10.9. The van der Waals surface area contributed by atoms with Crippen LogP contribution >= 0.6 is 0 Å². The molecular formula is C28H40N2O6. The molecule has 2 rings (SSSR count). The molecule has 0 saturated carbocycles. The smallest absolute Gasteiger partial charge is 0.407 e. The number of aliphatic hydroxyl groups is 2. The Labute approximate surface area is 214 Å². The van der Waals surface area contributed by atoms with Crippen LogP contribution in [0, 0.1) is 0 Å². The molecule has 0 fully saturated rings. The van der Waals surface area contributed by atoms with E-state index in [0.29, 0.717) is 0 Å². The van der Waals surface area contributed by atoms with Crippen molar-refractivity contribution in [2.45, 2.75) is 89.9 Å². The Kier molecular flexibility index (Phi) is 10.3. The first-order valence-corrected chi connectivity index (χ1v) is 12.2. The zero-order valence-electron chi connectivity index (χ0n) is 22.0. The minimum Gasteiger partial charge on any atom is -0.444 e. The molecule has 0 aliphatic rings. The molecule has 0 spiro atoms. The summed E-state index contributed by atoms with van der Waals surface area (Å²) in [5, 5.41) is 27.9. The normalized spacial score (nSPS) is 15.2. The molecule has 0 aromatic heterocycles. The number of hydrogen-bond acceptors (Lipinski definition) is 6. The van der Waals surface area contributed by atoms with Crippen LogP contribution in [0.5, 0.6) is 0 Å². The van der Waals surface area contributed by atoms with Gasteiger partial charge in [-0.25, -0.2) is 9.59 Å². The minimum absolute atomic E-state index is 0.239. The van der Waals surface area contributed by atoms with E-state index in [1.807, 2.05) is 60.7 Å². The fourth-order valence-corrected chi connectivity index (χ4v) is 3.64. The molecule has 4 N–H and O–H groups in total. The van der Waals surface area contributed by atoms with Crippen molar-refractivity contribution in [3.8, 4) is 0 Å². The van der Waals surface area contributed by atoms with E-state index in [1.165, 1.54) is 0 Å². The summed E-state index contributed by atoms with van der Waals surface area (Å²) in [6.45, 7) is 10.4. The molecule has 2 amide bonds. The Morgan fingerprint density at radius 1 is 0.667 bits per heavy atom. The summed E-state index contributed by atoms with van der Waals surface area (Å²) in [5.74, 6) is 0. The number of carbonyl (C=O) groups is 2. The zero-order chi connectivity index (χ0) is 26.9. The Balaban J connectivity index is 2.29. The van der Waals surface area contributed by atoms with E-state index < -0.39 is 47.7 Å². The fraction of sp³-hybridized carbons (Fsp3) is 0.500. The van der Waals surface area contributed by atoms with Crippen LogP contribution in [-0.4, -0.2) is 57.9 Å². The highest BCUT2D eigenvalue weighted by atomic mass is 16.6. The zero-order valence-corrected chi connectivity index (χ0v) is 22.0. The fourth-order valence-electron chi connectivity index (χ4n) is 3.64. The lowest BCUT2D eigenvalue weighted by molar-refractivity contribution is -0.0293. The number of carbonyl (C=O) groups excluding carboxylic acids is 2. The van der Waals surface area contributed by atoms with Crippen LogP contribution in [0.3, 0.4) is 0 Å². The first kappa shape index (κ1) is 29.1. The van der Waals surface area contributed by atoms with Crippen molar-refractivity contribution in [1.82, 2.24) is 10.6 Å². The molecule has 0 aliphatic heterocycles. The highest BCUT2D eigenvalue weighted by molar-refractivity contribution is 5.69. The predicted octanol–water partition coefficient (Wildman–Crippen LogP) is 3.98. The number of amides is 2. The van der Waals surface area contributed by atoms with Gasteiger partial charge in [0.25, 0.3) is 0 Å². The molecule has 4 atom stereocenters. The summed E-state index contributed by atoms with van der Waals surface area (Å²) in [6, 6.07) is 16.8. The van der Waals surface area contributed by atoms with Gasteiger partial charge in [-0.2, -0.15) is 0 Å². The van der Waals surface area contributed by atoms with Gasteiger partial charge in [0.2, 0.25) is 0 Å². The van der Waals surface area contributed by atoms with E-state index in [0.717, 1.165) is 11.1 Å². The van der Waals surface area contributed by atoms with Gasteiger partial charge in [-0.3, -0.25) is 0 Å². The van der Waals surface area contributed by atoms with Crippen molar-refractivity contribution >= 4 is 12.2 Å². The predicted molar refractivity (Wildman–Crippen MR) is 139 cm³/mol. The molecule has 0 unspecified atom stereocenters. The number of nitrogens with one attached hydrogen (secondary N) is 2. The molecule has 0 saturated heterocycles. The molecule has 0 heterocycles. The van der Waals surface area contributed by atoms with Gasteiger partial charge in [0, 0.05) is 0 Å². The topological polar surface area (TPSA) is 117 Å². The number of benzene rings is 2. The number of aliphatic hydroxyl groups excluding tert-OH is 2. The molecule has 0 radical (unpaired) electrons. The van der Waals surface area contributed by atoms with Crippen LogP contribution < -0.4 is 10.6 Å². The number of hydrogen-bond donors (Lipinski definition) is 4. The highest BCUT2D eigenvalue weighted by Gasteiger charge is 2.36. The van der Waals surface area contributed by atoms with Crippen molar-refractivity contribution in [3.63, 3.8) is 0 Å². The van der Waals surface area contributed by atoms with E-state index in [9.17, 15) is 19.8 Å². The average molecular weight is 501 g/mol. The molecule has 36 heavy (non-hydrogen) atoms. The Morgan fingerprint density at radius 2 is 0.972 bits per heavy atom. The molecule has 2 aromatic rings. The maximum absolute atomic E-state index is 12.6. The third-order valence-corrected chi connectivity index (χ3v) is 5.18. The maximum Gasteiger partial charge on any atom is 0.407 e. The lowest BCUT2D eigenvalue weighted by Crippen LogP contribution is -2.58. The van der Waals surface area contributed by atoms with Gasteiger partial charge in [-0.05, 0) is 65.5 Å². The van der Waals surface area contributed by atoms with Crippen molar-refractivity contribution in [3.05, 3.63) is 71.8 Å². The van der Waals surface area contributed by atoms with Crippen LogP contribution in [0.2, 0.25) is 0 Å². The van der Waals surface area contributed by atoms with Gasteiger partial charge in [0.1, 0.15) is 23.4 Å². The van der Waals surface area contributed by atoms with Gasteiger partial charge >= 0.3 is 12.2 Å². The summed E-state index contributed by atoms with van der Waals surface area (Å²) >= 11 is 0. The van der Waals surface area contributed by atoms with Crippen molar-refractivity contribution in [1.29, 1.82) is 0 Å². The molecule has 0 aliphatic carbocycles. The maximum atomic E-state index is 12.6. The Bertz CT molecular complexity index is 874. The van der Waals surface area contributed by atoms with Gasteiger partial charge in [0.05, 0.1) is 12.1 Å². The van der Waals surface area contributed by atoms with Gasteiger partial charge in [0.15, 0.2) is 0 Å². The lowest BCUT2D eigenvalue weighted by atomic mass is 9.91. The number of ether oxygens (including phenoxy) is 2. The van der Waals surface area contributed by atoms with Crippen molar-refractivity contribution in [2.75, 3.05) is 0 Å². The molecule has 198 valence electrons. The standard InChI is InChI=1S/C28H40N2O6/c1-27(2,3)35-25(33)29-21(17-19-13-9-7-10-14-19)23(31)24(32)22(18-20-15-11-8-12-16-20)30-26(34)36-28(4,5)6/h7-16,21-24,31-32H,17-18H2,1-6H3,(H,29,33)(H,30,34)/t21-,22-,23+,24+/m1/s1. The second kappa shape index (κ2) is 12.7. The van der Waals surface area contributed by atoms with Gasteiger partial charge in [-0.1, -0.05) is 60.7 Å². The number of rotatable bonds is 9. The third-order valence-electron chi connectivity index (χ3n) is 5.18. The summed E-state index contributed by atoms with van der Waals surface area (Å²) in [4.78, 5) is 25.1. The van der Waals surface area contributed by atoms with E-state index in [2.05, 4.69) is 10.6 Å². The van der Waals surface area contributed by atoms with Gasteiger partial charge < -0.3 is 30.3 Å². The minimum atomic E-state index is -1.43. The van der Waals surface area contributed by atoms with Crippen LogP contribution in [0.15, 0.2) is 60.7 Å². The SMILES string of the molecule is CC(C)(C)OC(=O)N[C@H](Cc1ccccc1)[C@H](O)[C@@H](O)[C@@H](Cc1ccccc1)NC(=O)OC(C)(C)C. The summed E-state index contributed by atoms with van der Waals surface area (Å²) < 4.78 is 10.8. The average Bonchev–Trinajstić information content (AvgIpc) is 2.76. The highest BCUT2D eigenvalue weighted by Crippen LogP contribution is 2.17. The van der Waals surface area contributed by atoms with Crippen LogP contribution in [0.1, 0.15) is 52.7 Å². The van der Waals surface area contributed by atoms with Crippen molar-refractivity contribution < 1.29 is 29.3 Å². The second-order valence-electron chi connectivity index (χ2n) is 10.9. The largest absolute Gasteiger partial charge is 0.444 e. The van der Waals surface area contributed by atoms with Crippen molar-refractivity contribution in [2.24, 2.45) is 0 Å². The Hall–Kier alpha value is -3.10. The van der Waals surface area contributed by atoms with Gasteiger partial charge in [-0.15, -0.1) is 0 Å². The van der Waals surface area contributed by atoms with Crippen LogP contribution in [0.25, 0.3) is 0 Å². The number of alkyl carbamates (subject to hydrolysis) is 2. The molecule has 8 heteroatoms. The van der Waals surface area contributed by atoms with E-state index >= 15 is 0 Å². The van der Waals surface area contributed by atoms with Crippen LogP contribution in [0.4, 0.5) is 9.59 Å². The van der Waals surface area contributed by atoms with E-state index in [4.69, 9.17) is 9.47 Å². The first-order valence-electron chi connectivity index (χ1n) is 12.2. The van der Waals surface area contributed by atoms with E-state index in [-0.39, 0.29) is 12.8 Å². The molecule has 0 bridgehead atoms. The summed E-state index contributed by atoms with van der Waals surface area (Å²) in [5.41, 5.74) is 0.229. The lowest BCUT2D eigenvalue weighted by Gasteiger charge is -2.34. The Morgan fingerprint density at radius 3 is 1.25 bits per heavy atom. The summed E-state index contributed by atoms with van der Waals surface area (Å²) in [7, 11) is 0.